The molecular weight excluding hydrogens is 420 g/mol. The summed E-state index contributed by atoms with van der Waals surface area (Å²) < 4.78 is 7.17. The Morgan fingerprint density at radius 3 is 2.85 bits per heavy atom. The Kier molecular flexibility index (Phi) is 5.23. The van der Waals surface area contributed by atoms with E-state index in [4.69, 9.17) is 4.74 Å². The van der Waals surface area contributed by atoms with Crippen LogP contribution in [0, 0.1) is 5.92 Å². The molecule has 6 rings (SSSR count). The van der Waals surface area contributed by atoms with Crippen molar-refractivity contribution in [1.82, 2.24) is 30.0 Å². The summed E-state index contributed by atoms with van der Waals surface area (Å²) in [5.74, 6) is 0.869. The normalized spacial score (nSPS) is 20.5. The quantitative estimate of drug-likeness (QED) is 0.503. The SMILES string of the molecule is OC(c1ccc2nccn2n1)C1CCCN(c2nnnc3cc(N4CCOCC4)ccc23)C1. The molecule has 10 heteroatoms. The molecule has 0 spiro atoms. The van der Waals surface area contributed by atoms with E-state index >= 15 is 0 Å². The molecule has 2 aliphatic rings. The van der Waals surface area contributed by atoms with Crippen LogP contribution in [0.5, 0.6) is 0 Å². The Bertz CT molecular complexity index is 1270. The average molecular weight is 447 g/mol. The van der Waals surface area contributed by atoms with Crippen LogP contribution < -0.4 is 9.80 Å². The molecule has 0 amide bonds. The number of hydrogen-bond donors (Lipinski definition) is 1. The Morgan fingerprint density at radius 2 is 1.94 bits per heavy atom. The van der Waals surface area contributed by atoms with Crippen molar-refractivity contribution in [3.8, 4) is 0 Å². The van der Waals surface area contributed by atoms with E-state index in [1.54, 1.807) is 16.9 Å². The van der Waals surface area contributed by atoms with E-state index in [1.807, 2.05) is 12.1 Å². The van der Waals surface area contributed by atoms with Gasteiger partial charge in [0.1, 0.15) is 11.6 Å². The zero-order valence-electron chi connectivity index (χ0n) is 18.3. The van der Waals surface area contributed by atoms with Crippen LogP contribution in [0.1, 0.15) is 24.6 Å². The first-order chi connectivity index (χ1) is 16.3. The lowest BCUT2D eigenvalue weighted by molar-refractivity contribution is 0.0930. The topological polar surface area (TPSA) is 105 Å². The highest BCUT2D eigenvalue weighted by Gasteiger charge is 2.30. The van der Waals surface area contributed by atoms with Gasteiger partial charge in [0.15, 0.2) is 11.5 Å². The molecule has 0 bridgehead atoms. The number of ether oxygens (including phenoxy) is 1. The van der Waals surface area contributed by atoms with Gasteiger partial charge in [-0.1, -0.05) is 0 Å². The second kappa shape index (κ2) is 8.53. The average Bonchev–Trinajstić information content (AvgIpc) is 3.36. The van der Waals surface area contributed by atoms with Gasteiger partial charge in [-0.2, -0.15) is 5.10 Å². The van der Waals surface area contributed by atoms with Crippen molar-refractivity contribution in [1.29, 1.82) is 0 Å². The molecule has 2 unspecified atom stereocenters. The number of aliphatic hydroxyl groups excluding tert-OH is 1. The number of aromatic nitrogens is 6. The van der Waals surface area contributed by atoms with E-state index in [9.17, 15) is 5.11 Å². The molecule has 3 aromatic heterocycles. The van der Waals surface area contributed by atoms with Crippen molar-refractivity contribution >= 4 is 28.1 Å². The molecule has 0 aliphatic carbocycles. The number of nitrogens with zero attached hydrogens (tertiary/aromatic N) is 8. The van der Waals surface area contributed by atoms with Gasteiger partial charge in [0.2, 0.25) is 0 Å². The lowest BCUT2D eigenvalue weighted by atomic mass is 9.90. The first kappa shape index (κ1) is 20.3. The summed E-state index contributed by atoms with van der Waals surface area (Å²) in [6.07, 6.45) is 4.74. The summed E-state index contributed by atoms with van der Waals surface area (Å²) in [5, 5.41) is 29.4. The maximum Gasteiger partial charge on any atom is 0.162 e. The summed E-state index contributed by atoms with van der Waals surface area (Å²) >= 11 is 0. The predicted molar refractivity (Wildman–Crippen MR) is 123 cm³/mol. The number of piperidine rings is 1. The van der Waals surface area contributed by atoms with E-state index < -0.39 is 6.10 Å². The van der Waals surface area contributed by atoms with Crippen molar-refractivity contribution in [3.63, 3.8) is 0 Å². The number of hydrogen-bond acceptors (Lipinski definition) is 9. The molecule has 1 aromatic carbocycles. The van der Waals surface area contributed by atoms with Crippen LogP contribution in [-0.2, 0) is 4.74 Å². The second-order valence-corrected chi connectivity index (χ2v) is 8.70. The molecule has 0 saturated carbocycles. The molecule has 33 heavy (non-hydrogen) atoms. The van der Waals surface area contributed by atoms with E-state index in [2.05, 4.69) is 53.5 Å². The molecule has 5 heterocycles. The van der Waals surface area contributed by atoms with Gasteiger partial charge in [-0.3, -0.25) is 0 Å². The molecular formula is C23H26N8O2. The number of anilines is 2. The van der Waals surface area contributed by atoms with Crippen LogP contribution in [0.25, 0.3) is 16.6 Å². The van der Waals surface area contributed by atoms with Crippen LogP contribution in [-0.4, -0.2) is 74.5 Å². The summed E-state index contributed by atoms with van der Waals surface area (Å²) in [6.45, 7) is 4.79. The van der Waals surface area contributed by atoms with Crippen molar-refractivity contribution in [2.45, 2.75) is 18.9 Å². The number of rotatable bonds is 4. The highest BCUT2D eigenvalue weighted by molar-refractivity contribution is 5.91. The summed E-state index contributed by atoms with van der Waals surface area (Å²) in [7, 11) is 0. The highest BCUT2D eigenvalue weighted by Crippen LogP contribution is 2.33. The monoisotopic (exact) mass is 446 g/mol. The minimum absolute atomic E-state index is 0.0462. The zero-order valence-corrected chi connectivity index (χ0v) is 18.3. The van der Waals surface area contributed by atoms with Crippen LogP contribution >= 0.6 is 0 Å². The van der Waals surface area contributed by atoms with Crippen LogP contribution in [0.4, 0.5) is 11.5 Å². The minimum atomic E-state index is -0.659. The lowest BCUT2D eigenvalue weighted by Crippen LogP contribution is -2.39. The molecule has 170 valence electrons. The van der Waals surface area contributed by atoms with Crippen molar-refractivity contribution in [2.75, 3.05) is 49.2 Å². The number of imidazole rings is 1. The molecule has 2 atom stereocenters. The fraction of sp³-hybridized carbons (Fsp3) is 0.435. The van der Waals surface area contributed by atoms with Gasteiger partial charge >= 0.3 is 0 Å². The van der Waals surface area contributed by atoms with Gasteiger partial charge in [-0.15, -0.1) is 10.2 Å². The fourth-order valence-corrected chi connectivity index (χ4v) is 4.90. The Hall–Kier alpha value is -3.37. The van der Waals surface area contributed by atoms with E-state index in [-0.39, 0.29) is 5.92 Å². The van der Waals surface area contributed by atoms with E-state index in [0.29, 0.717) is 12.2 Å². The molecule has 0 radical (unpaired) electrons. The number of fused-ring (bicyclic) bond motifs is 2. The first-order valence-electron chi connectivity index (χ1n) is 11.5. The maximum atomic E-state index is 11.1. The number of aliphatic hydroxyl groups is 1. The number of morpholine rings is 1. The maximum absolute atomic E-state index is 11.1. The van der Waals surface area contributed by atoms with E-state index in [0.717, 1.165) is 73.7 Å². The summed E-state index contributed by atoms with van der Waals surface area (Å²) in [5.41, 5.74) is 3.39. The number of benzene rings is 1. The summed E-state index contributed by atoms with van der Waals surface area (Å²) in [6, 6.07) is 10.0. The Morgan fingerprint density at radius 1 is 1.03 bits per heavy atom. The predicted octanol–water partition coefficient (Wildman–Crippen LogP) is 1.85. The first-order valence-corrected chi connectivity index (χ1v) is 11.5. The van der Waals surface area contributed by atoms with Crippen molar-refractivity contribution < 1.29 is 9.84 Å². The van der Waals surface area contributed by atoms with Gasteiger partial charge in [0.05, 0.1) is 18.9 Å². The van der Waals surface area contributed by atoms with Gasteiger partial charge in [-0.25, -0.2) is 9.50 Å². The third-order valence-electron chi connectivity index (χ3n) is 6.67. The highest BCUT2D eigenvalue weighted by atomic mass is 16.5. The third-order valence-corrected chi connectivity index (χ3v) is 6.67. The van der Waals surface area contributed by atoms with Crippen molar-refractivity contribution in [2.24, 2.45) is 5.92 Å². The molecule has 2 fully saturated rings. The smallest absolute Gasteiger partial charge is 0.162 e. The van der Waals surface area contributed by atoms with Gasteiger partial charge < -0.3 is 19.6 Å². The largest absolute Gasteiger partial charge is 0.386 e. The zero-order chi connectivity index (χ0) is 22.2. The lowest BCUT2D eigenvalue weighted by Gasteiger charge is -2.35. The minimum Gasteiger partial charge on any atom is -0.386 e. The summed E-state index contributed by atoms with van der Waals surface area (Å²) in [4.78, 5) is 8.76. The van der Waals surface area contributed by atoms with Crippen molar-refractivity contribution in [3.05, 3.63) is 48.4 Å². The second-order valence-electron chi connectivity index (χ2n) is 8.70. The van der Waals surface area contributed by atoms with Gasteiger partial charge in [-0.05, 0) is 48.4 Å². The molecule has 1 N–H and O–H groups in total. The molecule has 10 nitrogen and oxygen atoms in total. The standard InChI is InChI=1S/C23H26N8O2/c32-22(19-5-6-21-24-7-9-31(21)27-19)16-2-1-8-30(15-16)23-18-4-3-17(14-20(18)25-28-26-23)29-10-12-33-13-11-29/h3-7,9,14,16,22,32H,1-2,8,10-13,15H2. The van der Waals surface area contributed by atoms with Crippen LogP contribution in [0.3, 0.4) is 0 Å². The third kappa shape index (κ3) is 3.85. The fourth-order valence-electron chi connectivity index (χ4n) is 4.90. The van der Waals surface area contributed by atoms with Gasteiger partial charge in [0.25, 0.3) is 0 Å². The van der Waals surface area contributed by atoms with Gasteiger partial charge in [0, 0.05) is 55.6 Å². The molecule has 2 saturated heterocycles. The molecule has 4 aromatic rings. The molecule has 2 aliphatic heterocycles. The van der Waals surface area contributed by atoms with Crippen LogP contribution in [0.15, 0.2) is 42.7 Å². The Labute approximate surface area is 190 Å². The van der Waals surface area contributed by atoms with Crippen LogP contribution in [0.2, 0.25) is 0 Å². The Balaban J connectivity index is 1.25. The van der Waals surface area contributed by atoms with E-state index in [1.165, 1.54) is 0 Å².